The summed E-state index contributed by atoms with van der Waals surface area (Å²) in [5.41, 5.74) is 3.02. The van der Waals surface area contributed by atoms with Gasteiger partial charge in [0.1, 0.15) is 12.3 Å². The van der Waals surface area contributed by atoms with E-state index in [0.29, 0.717) is 18.0 Å². The predicted octanol–water partition coefficient (Wildman–Crippen LogP) is 1.27. The van der Waals surface area contributed by atoms with Gasteiger partial charge in [-0.2, -0.15) is 0 Å². The zero-order valence-corrected chi connectivity index (χ0v) is 15.9. The van der Waals surface area contributed by atoms with E-state index in [1.807, 2.05) is 12.1 Å². The number of amides is 2. The molecule has 0 saturated carbocycles. The van der Waals surface area contributed by atoms with Crippen LogP contribution in [0.15, 0.2) is 48.5 Å². The van der Waals surface area contributed by atoms with E-state index in [2.05, 4.69) is 34.9 Å². The molecule has 4 rings (SSSR count). The number of carbonyl (C=O) groups excluding carboxylic acids is 2. The Morgan fingerprint density at radius 3 is 2.57 bits per heavy atom. The van der Waals surface area contributed by atoms with Gasteiger partial charge in [0.2, 0.25) is 5.91 Å². The number of para-hydroxylation sites is 2. The Hall–Kier alpha value is -2.86. The van der Waals surface area contributed by atoms with Crippen LogP contribution < -0.4 is 20.3 Å². The van der Waals surface area contributed by atoms with Crippen molar-refractivity contribution in [3.63, 3.8) is 0 Å². The minimum absolute atomic E-state index is 0.00340. The molecule has 1 fully saturated rings. The third kappa shape index (κ3) is 4.51. The molecular weight excluding hydrogens is 354 g/mol. The van der Waals surface area contributed by atoms with Crippen LogP contribution >= 0.6 is 0 Å². The first-order chi connectivity index (χ1) is 13.7. The Morgan fingerprint density at radius 2 is 1.79 bits per heavy atom. The Labute approximate surface area is 164 Å². The molecule has 1 saturated heterocycles. The molecule has 0 radical (unpaired) electrons. The maximum atomic E-state index is 12.3. The molecule has 2 heterocycles. The number of rotatable bonds is 6. The molecule has 2 amide bonds. The maximum Gasteiger partial charge on any atom is 0.266 e. The number of anilines is 1. The first-order valence-corrected chi connectivity index (χ1v) is 9.92. The fourth-order valence-corrected chi connectivity index (χ4v) is 3.78. The number of hydrogen-bond acceptors (Lipinski definition) is 3. The van der Waals surface area contributed by atoms with Crippen molar-refractivity contribution in [2.45, 2.75) is 38.5 Å². The van der Waals surface area contributed by atoms with Crippen LogP contribution in [0.25, 0.3) is 0 Å². The molecule has 0 spiro atoms. The summed E-state index contributed by atoms with van der Waals surface area (Å²) in [7, 11) is 0. The van der Waals surface area contributed by atoms with Crippen molar-refractivity contribution in [3.05, 3.63) is 59.7 Å². The van der Waals surface area contributed by atoms with Crippen molar-refractivity contribution < 1.29 is 19.2 Å². The lowest BCUT2D eigenvalue weighted by Crippen LogP contribution is -3.08. The molecule has 0 unspecified atom stereocenters. The minimum atomic E-state index is -0.805. The summed E-state index contributed by atoms with van der Waals surface area (Å²) in [4.78, 5) is 26.0. The Balaban J connectivity index is 1.26. The molecule has 0 bridgehead atoms. The zero-order chi connectivity index (χ0) is 19.3. The van der Waals surface area contributed by atoms with Crippen LogP contribution in [-0.2, 0) is 22.7 Å². The van der Waals surface area contributed by atoms with Gasteiger partial charge in [-0.15, -0.1) is 0 Å². The van der Waals surface area contributed by atoms with Crippen LogP contribution in [-0.4, -0.2) is 31.0 Å². The molecule has 6 nitrogen and oxygen atoms in total. The van der Waals surface area contributed by atoms with E-state index in [9.17, 15) is 9.59 Å². The first kappa shape index (κ1) is 18.5. The fourth-order valence-electron chi connectivity index (χ4n) is 3.78. The highest BCUT2D eigenvalue weighted by atomic mass is 16.5. The molecular formula is C22H26N3O3+. The lowest BCUT2D eigenvalue weighted by Gasteiger charge is -2.25. The molecule has 28 heavy (non-hydrogen) atoms. The van der Waals surface area contributed by atoms with Gasteiger partial charge in [0, 0.05) is 24.9 Å². The van der Waals surface area contributed by atoms with Gasteiger partial charge in [-0.1, -0.05) is 36.4 Å². The molecule has 0 aromatic heterocycles. The zero-order valence-electron chi connectivity index (χ0n) is 15.9. The summed E-state index contributed by atoms with van der Waals surface area (Å²) < 4.78 is 5.67. The molecule has 1 atom stereocenters. The lowest BCUT2D eigenvalue weighted by atomic mass is 10.1. The molecule has 0 aliphatic carbocycles. The van der Waals surface area contributed by atoms with Crippen molar-refractivity contribution in [2.24, 2.45) is 0 Å². The predicted molar refractivity (Wildman–Crippen MR) is 106 cm³/mol. The monoisotopic (exact) mass is 380 g/mol. The third-order valence-corrected chi connectivity index (χ3v) is 5.35. The molecule has 6 heteroatoms. The Kier molecular flexibility index (Phi) is 5.58. The Morgan fingerprint density at radius 1 is 1.07 bits per heavy atom. The van der Waals surface area contributed by atoms with Gasteiger partial charge in [0.05, 0.1) is 25.2 Å². The van der Waals surface area contributed by atoms with Crippen LogP contribution in [0.4, 0.5) is 5.69 Å². The van der Waals surface area contributed by atoms with E-state index < -0.39 is 6.10 Å². The van der Waals surface area contributed by atoms with Crippen LogP contribution in [0.2, 0.25) is 0 Å². The van der Waals surface area contributed by atoms with Gasteiger partial charge >= 0.3 is 0 Å². The first-order valence-electron chi connectivity index (χ1n) is 9.92. The van der Waals surface area contributed by atoms with E-state index >= 15 is 0 Å². The molecule has 2 aliphatic heterocycles. The van der Waals surface area contributed by atoms with Crippen molar-refractivity contribution in [2.75, 3.05) is 18.4 Å². The van der Waals surface area contributed by atoms with Gasteiger partial charge in [0.15, 0.2) is 6.10 Å². The van der Waals surface area contributed by atoms with Gasteiger partial charge in [-0.25, -0.2) is 0 Å². The number of benzene rings is 2. The van der Waals surface area contributed by atoms with Gasteiger partial charge in [-0.3, -0.25) is 9.59 Å². The minimum Gasteiger partial charge on any atom is -0.478 e. The largest absolute Gasteiger partial charge is 0.478 e. The summed E-state index contributed by atoms with van der Waals surface area (Å²) in [6.45, 7) is 4.04. The average molecular weight is 380 g/mol. The van der Waals surface area contributed by atoms with Crippen LogP contribution in [0, 0.1) is 0 Å². The van der Waals surface area contributed by atoms with E-state index in [0.717, 1.165) is 12.1 Å². The van der Waals surface area contributed by atoms with Gasteiger partial charge in [0.25, 0.3) is 5.91 Å². The highest BCUT2D eigenvalue weighted by Gasteiger charge is 2.29. The third-order valence-electron chi connectivity index (χ3n) is 5.35. The van der Waals surface area contributed by atoms with Gasteiger partial charge < -0.3 is 20.3 Å². The summed E-state index contributed by atoms with van der Waals surface area (Å²) >= 11 is 0. The summed E-state index contributed by atoms with van der Waals surface area (Å²) in [6, 6.07) is 15.6. The maximum absolute atomic E-state index is 12.3. The Bertz CT molecular complexity index is 844. The van der Waals surface area contributed by atoms with Crippen molar-refractivity contribution >= 4 is 17.5 Å². The van der Waals surface area contributed by atoms with Crippen molar-refractivity contribution in [1.82, 2.24) is 5.32 Å². The second-order valence-electron chi connectivity index (χ2n) is 7.52. The van der Waals surface area contributed by atoms with Crippen molar-refractivity contribution in [1.29, 1.82) is 0 Å². The van der Waals surface area contributed by atoms with Crippen molar-refractivity contribution in [3.8, 4) is 5.75 Å². The molecule has 2 aromatic rings. The number of fused-ring (bicyclic) bond motifs is 1. The van der Waals surface area contributed by atoms with Crippen LogP contribution in [0.5, 0.6) is 5.75 Å². The number of nitrogens with one attached hydrogen (secondary N) is 3. The standard InChI is InChI=1S/C22H25N3O3/c26-21(13-20-22(27)24-18-5-1-2-6-19(18)28-20)23-14-16-7-9-17(10-8-16)15-25-11-3-4-12-25/h1-2,5-10,20H,3-4,11-15H2,(H,23,26)(H,24,27)/p+1/t20-/m0/s1. The van der Waals surface area contributed by atoms with E-state index in [4.69, 9.17) is 4.74 Å². The van der Waals surface area contributed by atoms with E-state index in [1.165, 1.54) is 31.5 Å². The molecule has 2 aliphatic rings. The SMILES string of the molecule is O=C(C[C@@H]1Oc2ccccc2NC1=O)NCc1ccc(C[NH+]2CCCC2)cc1. The summed E-state index contributed by atoms with van der Waals surface area (Å²) in [5.74, 6) is 0.100. The number of ether oxygens (including phenoxy) is 1. The normalized spacial score (nSPS) is 18.9. The number of quaternary nitrogens is 1. The van der Waals surface area contributed by atoms with Crippen LogP contribution in [0.1, 0.15) is 30.4 Å². The highest BCUT2D eigenvalue weighted by Crippen LogP contribution is 2.29. The molecule has 2 aromatic carbocycles. The second-order valence-corrected chi connectivity index (χ2v) is 7.52. The quantitative estimate of drug-likeness (QED) is 0.707. The number of likely N-dealkylation sites (tertiary alicyclic amines) is 1. The van der Waals surface area contributed by atoms with Crippen LogP contribution in [0.3, 0.4) is 0 Å². The number of carbonyl (C=O) groups is 2. The summed E-state index contributed by atoms with van der Waals surface area (Å²) in [5, 5.41) is 5.66. The molecule has 3 N–H and O–H groups in total. The van der Waals surface area contributed by atoms with Gasteiger partial charge in [-0.05, 0) is 17.7 Å². The summed E-state index contributed by atoms with van der Waals surface area (Å²) in [6.07, 6.45) is 1.85. The topological polar surface area (TPSA) is 71.9 Å². The lowest BCUT2D eigenvalue weighted by molar-refractivity contribution is -0.901. The fraction of sp³-hybridized carbons (Fsp3) is 0.364. The smallest absolute Gasteiger partial charge is 0.266 e. The van der Waals surface area contributed by atoms with E-state index in [1.54, 1.807) is 17.0 Å². The van der Waals surface area contributed by atoms with E-state index in [-0.39, 0.29) is 18.2 Å². The average Bonchev–Trinajstić information content (AvgIpc) is 3.21. The second kappa shape index (κ2) is 8.44. The molecule has 146 valence electrons. The number of hydrogen-bond donors (Lipinski definition) is 3. The highest BCUT2D eigenvalue weighted by molar-refractivity contribution is 5.99.